The Morgan fingerprint density at radius 3 is 2.81 bits per heavy atom. The normalized spacial score (nSPS) is 11.3. The van der Waals surface area contributed by atoms with E-state index < -0.39 is 9.84 Å². The van der Waals surface area contributed by atoms with E-state index in [4.69, 9.17) is 5.73 Å². The van der Waals surface area contributed by atoms with Crippen LogP contribution in [0.15, 0.2) is 5.38 Å². The lowest BCUT2D eigenvalue weighted by Crippen LogP contribution is -2.26. The van der Waals surface area contributed by atoms with Crippen molar-refractivity contribution in [2.24, 2.45) is 0 Å². The maximum absolute atomic E-state index is 11.4. The number of carbonyl (C=O) groups is 1. The molecule has 8 heteroatoms. The molecule has 0 saturated carbocycles. The van der Waals surface area contributed by atoms with Gasteiger partial charge in [0.05, 0.1) is 5.75 Å². The fraction of sp³-hybridized carbons (Fsp3) is 0.500. The van der Waals surface area contributed by atoms with Gasteiger partial charge in [0.2, 0.25) is 0 Å². The summed E-state index contributed by atoms with van der Waals surface area (Å²) in [6.45, 7) is 0.309. The van der Waals surface area contributed by atoms with Gasteiger partial charge in [0.15, 0.2) is 5.13 Å². The first-order valence-electron chi connectivity index (χ1n) is 4.55. The van der Waals surface area contributed by atoms with Crippen LogP contribution in [0.1, 0.15) is 16.9 Å². The highest BCUT2D eigenvalue weighted by atomic mass is 32.2. The number of sulfone groups is 1. The van der Waals surface area contributed by atoms with Gasteiger partial charge in [-0.25, -0.2) is 13.4 Å². The van der Waals surface area contributed by atoms with E-state index in [1.54, 1.807) is 5.38 Å². The van der Waals surface area contributed by atoms with Gasteiger partial charge in [-0.2, -0.15) is 0 Å². The zero-order valence-electron chi connectivity index (χ0n) is 8.76. The molecule has 0 radical (unpaired) electrons. The van der Waals surface area contributed by atoms with E-state index in [0.29, 0.717) is 18.1 Å². The molecule has 0 aliphatic carbocycles. The zero-order chi connectivity index (χ0) is 12.2. The second-order valence-corrected chi connectivity index (χ2v) is 6.46. The fourth-order valence-corrected chi connectivity index (χ4v) is 2.23. The number of nitrogens with two attached hydrogens (primary N) is 1. The topological polar surface area (TPSA) is 102 Å². The molecule has 0 fully saturated rings. The number of thiazole rings is 1. The minimum Gasteiger partial charge on any atom is -0.375 e. The van der Waals surface area contributed by atoms with E-state index in [0.717, 1.165) is 6.26 Å². The van der Waals surface area contributed by atoms with Crippen LogP contribution >= 0.6 is 11.3 Å². The van der Waals surface area contributed by atoms with Crippen LogP contribution in [0.25, 0.3) is 0 Å². The molecule has 0 aromatic carbocycles. The highest BCUT2D eigenvalue weighted by Gasteiger charge is 2.09. The van der Waals surface area contributed by atoms with E-state index in [1.165, 1.54) is 11.3 Å². The first-order chi connectivity index (χ1) is 7.38. The molecule has 1 rings (SSSR count). The van der Waals surface area contributed by atoms with E-state index in [9.17, 15) is 13.2 Å². The molecule has 1 aromatic rings. The number of nitrogen functional groups attached to an aromatic ring is 1. The molecule has 1 heterocycles. The fourth-order valence-electron chi connectivity index (χ4n) is 1.02. The van der Waals surface area contributed by atoms with Crippen LogP contribution < -0.4 is 11.1 Å². The van der Waals surface area contributed by atoms with E-state index in [-0.39, 0.29) is 17.4 Å². The van der Waals surface area contributed by atoms with Crippen molar-refractivity contribution in [2.45, 2.75) is 6.42 Å². The number of rotatable bonds is 5. The summed E-state index contributed by atoms with van der Waals surface area (Å²) in [5, 5.41) is 4.46. The number of hydrogen-bond acceptors (Lipinski definition) is 6. The van der Waals surface area contributed by atoms with Crippen molar-refractivity contribution < 1.29 is 13.2 Å². The molecule has 0 aliphatic heterocycles. The molecule has 0 atom stereocenters. The number of anilines is 1. The summed E-state index contributed by atoms with van der Waals surface area (Å²) in [5.41, 5.74) is 5.64. The Labute approximate surface area is 97.8 Å². The highest BCUT2D eigenvalue weighted by molar-refractivity contribution is 7.90. The maximum atomic E-state index is 11.4. The quantitative estimate of drug-likeness (QED) is 0.722. The molecule has 6 nitrogen and oxygen atoms in total. The van der Waals surface area contributed by atoms with E-state index >= 15 is 0 Å². The Hall–Kier alpha value is -1.15. The molecular formula is C8H13N3O3S2. The molecule has 0 bridgehead atoms. The van der Waals surface area contributed by atoms with Crippen LogP contribution in [0, 0.1) is 0 Å². The van der Waals surface area contributed by atoms with Crippen molar-refractivity contribution in [3.8, 4) is 0 Å². The van der Waals surface area contributed by atoms with Gasteiger partial charge >= 0.3 is 0 Å². The lowest BCUT2D eigenvalue weighted by atomic mass is 10.4. The Kier molecular flexibility index (Phi) is 4.25. The summed E-state index contributed by atoms with van der Waals surface area (Å²) >= 11 is 1.19. The largest absolute Gasteiger partial charge is 0.375 e. The standard InChI is InChI=1S/C8H13N3O3S2/c1-16(13,14)4-2-3-10-7(12)6-5-15-8(9)11-6/h5H,2-4H2,1H3,(H2,9,11)(H,10,12). The molecule has 0 saturated heterocycles. The number of nitrogens with zero attached hydrogens (tertiary/aromatic N) is 1. The summed E-state index contributed by atoms with van der Waals surface area (Å²) in [5.74, 6) is -0.270. The average Bonchev–Trinajstić information content (AvgIpc) is 2.57. The Bertz CT molecular complexity index is 467. The SMILES string of the molecule is CS(=O)(=O)CCCNC(=O)c1csc(N)n1. The van der Waals surface area contributed by atoms with Crippen molar-refractivity contribution in [1.82, 2.24) is 10.3 Å². The van der Waals surface area contributed by atoms with Crippen molar-refractivity contribution in [2.75, 3.05) is 24.3 Å². The number of nitrogens with one attached hydrogen (secondary N) is 1. The van der Waals surface area contributed by atoms with Crippen molar-refractivity contribution in [3.05, 3.63) is 11.1 Å². The lowest BCUT2D eigenvalue weighted by molar-refractivity contribution is 0.0949. The first kappa shape index (κ1) is 12.9. The summed E-state index contributed by atoms with van der Waals surface area (Å²) in [7, 11) is -2.97. The predicted octanol–water partition coefficient (Wildman–Crippen LogP) is -0.110. The molecule has 0 spiro atoms. The van der Waals surface area contributed by atoms with E-state index in [2.05, 4.69) is 10.3 Å². The smallest absolute Gasteiger partial charge is 0.270 e. The average molecular weight is 263 g/mol. The van der Waals surface area contributed by atoms with Gasteiger partial charge in [0.25, 0.3) is 5.91 Å². The predicted molar refractivity (Wildman–Crippen MR) is 63.2 cm³/mol. The number of aromatic nitrogens is 1. The molecule has 3 N–H and O–H groups in total. The summed E-state index contributed by atoms with van der Waals surface area (Å²) in [6, 6.07) is 0. The van der Waals surface area contributed by atoms with Gasteiger partial charge < -0.3 is 11.1 Å². The number of carbonyl (C=O) groups excluding carboxylic acids is 1. The van der Waals surface area contributed by atoms with Crippen LogP contribution in [0.3, 0.4) is 0 Å². The van der Waals surface area contributed by atoms with Crippen molar-refractivity contribution in [3.63, 3.8) is 0 Å². The third-order valence-electron chi connectivity index (χ3n) is 1.73. The Morgan fingerprint density at radius 1 is 1.62 bits per heavy atom. The van der Waals surface area contributed by atoms with Gasteiger partial charge in [0.1, 0.15) is 15.5 Å². The highest BCUT2D eigenvalue weighted by Crippen LogP contribution is 2.10. The van der Waals surface area contributed by atoms with Crippen LogP contribution in [-0.2, 0) is 9.84 Å². The molecule has 1 aromatic heterocycles. The van der Waals surface area contributed by atoms with E-state index in [1.807, 2.05) is 0 Å². The first-order valence-corrected chi connectivity index (χ1v) is 7.49. The molecule has 0 aliphatic rings. The molecule has 0 unspecified atom stereocenters. The molecule has 1 amide bonds. The monoisotopic (exact) mass is 263 g/mol. The van der Waals surface area contributed by atoms with Crippen molar-refractivity contribution >= 4 is 32.2 Å². The zero-order valence-corrected chi connectivity index (χ0v) is 10.4. The van der Waals surface area contributed by atoms with Gasteiger partial charge in [-0.3, -0.25) is 4.79 Å². The van der Waals surface area contributed by atoms with Crippen LogP contribution in [0.4, 0.5) is 5.13 Å². The summed E-state index contributed by atoms with van der Waals surface area (Å²) in [6.07, 6.45) is 1.56. The molecular weight excluding hydrogens is 250 g/mol. The molecule has 16 heavy (non-hydrogen) atoms. The third-order valence-corrected chi connectivity index (χ3v) is 3.44. The van der Waals surface area contributed by atoms with Crippen LogP contribution in [-0.4, -0.2) is 37.9 Å². The van der Waals surface area contributed by atoms with Gasteiger partial charge in [-0.1, -0.05) is 0 Å². The maximum Gasteiger partial charge on any atom is 0.270 e. The summed E-state index contributed by atoms with van der Waals surface area (Å²) in [4.78, 5) is 15.2. The van der Waals surface area contributed by atoms with Gasteiger partial charge in [-0.05, 0) is 6.42 Å². The third kappa shape index (κ3) is 4.58. The Balaban J connectivity index is 2.31. The number of hydrogen-bond donors (Lipinski definition) is 2. The lowest BCUT2D eigenvalue weighted by Gasteiger charge is -2.01. The van der Waals surface area contributed by atoms with Crippen LogP contribution in [0.5, 0.6) is 0 Å². The minimum atomic E-state index is -2.97. The van der Waals surface area contributed by atoms with Gasteiger partial charge in [0, 0.05) is 18.2 Å². The van der Waals surface area contributed by atoms with Crippen LogP contribution in [0.2, 0.25) is 0 Å². The van der Waals surface area contributed by atoms with Gasteiger partial charge in [-0.15, -0.1) is 11.3 Å². The second-order valence-electron chi connectivity index (χ2n) is 3.31. The number of amides is 1. The Morgan fingerprint density at radius 2 is 2.31 bits per heavy atom. The second kappa shape index (κ2) is 5.26. The minimum absolute atomic E-state index is 0.0620. The molecule has 90 valence electrons. The van der Waals surface area contributed by atoms with Crippen molar-refractivity contribution in [1.29, 1.82) is 0 Å². The summed E-state index contributed by atoms with van der Waals surface area (Å²) < 4.78 is 21.6.